The molecule has 152 valence electrons. The second kappa shape index (κ2) is 7.59. The van der Waals surface area contributed by atoms with Crippen molar-refractivity contribution in [1.29, 1.82) is 0 Å². The number of rotatable bonds is 5. The number of aromatic nitrogens is 1. The van der Waals surface area contributed by atoms with Crippen molar-refractivity contribution in [2.45, 2.75) is 43.2 Å². The summed E-state index contributed by atoms with van der Waals surface area (Å²) in [6.45, 7) is 0.397. The van der Waals surface area contributed by atoms with Crippen LogP contribution in [0.4, 0.5) is 4.79 Å². The highest BCUT2D eigenvalue weighted by Gasteiger charge is 2.55. The normalized spacial score (nSPS) is 26.9. The van der Waals surface area contributed by atoms with Crippen molar-refractivity contribution < 1.29 is 9.59 Å². The minimum Gasteiger partial charge on any atom is -0.323 e. The molecule has 6 nitrogen and oxygen atoms in total. The molecule has 0 radical (unpaired) electrons. The average molecular weight is 393 g/mol. The molecule has 0 unspecified atom stereocenters. The van der Waals surface area contributed by atoms with Crippen LogP contribution in [-0.4, -0.2) is 52.9 Å². The number of carbonyl (C=O) groups excluding carboxylic acids is 2. The Balaban J connectivity index is 1.49. The van der Waals surface area contributed by atoms with Crippen LogP contribution in [-0.2, 0) is 16.8 Å². The van der Waals surface area contributed by atoms with Gasteiger partial charge < -0.3 is 5.32 Å². The quantitative estimate of drug-likeness (QED) is 0.795. The van der Waals surface area contributed by atoms with Gasteiger partial charge in [0.05, 0.1) is 0 Å². The van der Waals surface area contributed by atoms with Gasteiger partial charge in [0.25, 0.3) is 5.91 Å². The Hall–Kier alpha value is -2.73. The van der Waals surface area contributed by atoms with Crippen LogP contribution in [0.5, 0.6) is 0 Å². The molecule has 3 amide bonds. The van der Waals surface area contributed by atoms with Gasteiger partial charge in [-0.1, -0.05) is 30.3 Å². The van der Waals surface area contributed by atoms with Gasteiger partial charge in [0.1, 0.15) is 5.54 Å². The molecule has 1 saturated heterocycles. The molecule has 2 heterocycles. The first-order chi connectivity index (χ1) is 14.0. The van der Waals surface area contributed by atoms with Crippen molar-refractivity contribution in [1.82, 2.24) is 20.1 Å². The van der Waals surface area contributed by atoms with Gasteiger partial charge in [-0.15, -0.1) is 0 Å². The average Bonchev–Trinajstić information content (AvgIpc) is 2.97. The Morgan fingerprint density at radius 2 is 1.66 bits per heavy atom. The van der Waals surface area contributed by atoms with E-state index in [1.165, 1.54) is 10.5 Å². The predicted molar refractivity (Wildman–Crippen MR) is 111 cm³/mol. The first kappa shape index (κ1) is 19.6. The highest BCUT2D eigenvalue weighted by atomic mass is 16.2. The summed E-state index contributed by atoms with van der Waals surface area (Å²) in [5, 5.41) is 3.04. The van der Waals surface area contributed by atoms with Crippen LogP contribution in [0.25, 0.3) is 0 Å². The summed E-state index contributed by atoms with van der Waals surface area (Å²) in [6, 6.07) is 14.0. The smallest absolute Gasteiger partial charge is 0.323 e. The lowest BCUT2D eigenvalue weighted by Gasteiger charge is -2.48. The van der Waals surface area contributed by atoms with Crippen molar-refractivity contribution >= 4 is 11.9 Å². The fraction of sp³-hybridized carbons (Fsp3) is 0.435. The summed E-state index contributed by atoms with van der Waals surface area (Å²) in [6.07, 6.45) is 7.06. The maximum absolute atomic E-state index is 13.2. The Kier molecular flexibility index (Phi) is 5.13. The summed E-state index contributed by atoms with van der Waals surface area (Å²) in [4.78, 5) is 33.5. The topological polar surface area (TPSA) is 65.5 Å². The van der Waals surface area contributed by atoms with Crippen LogP contribution in [0.2, 0.25) is 0 Å². The number of benzene rings is 1. The van der Waals surface area contributed by atoms with Gasteiger partial charge in [0.15, 0.2) is 0 Å². The molecule has 0 bridgehead atoms. The number of carbonyl (C=O) groups is 2. The largest absolute Gasteiger partial charge is 0.325 e. The lowest BCUT2D eigenvalue weighted by molar-refractivity contribution is -0.133. The van der Waals surface area contributed by atoms with E-state index in [0.29, 0.717) is 25.8 Å². The molecule has 29 heavy (non-hydrogen) atoms. The number of urea groups is 1. The van der Waals surface area contributed by atoms with E-state index in [2.05, 4.69) is 53.6 Å². The lowest BCUT2D eigenvalue weighted by atomic mass is 9.68. The minimum atomic E-state index is -0.760. The second-order valence-corrected chi connectivity index (χ2v) is 8.37. The minimum absolute atomic E-state index is 0.0722. The van der Waals surface area contributed by atoms with Crippen LogP contribution in [0.1, 0.15) is 36.8 Å². The highest BCUT2D eigenvalue weighted by Crippen LogP contribution is 2.46. The van der Waals surface area contributed by atoms with Gasteiger partial charge in [-0.05, 0) is 69.5 Å². The van der Waals surface area contributed by atoms with E-state index in [4.69, 9.17) is 0 Å². The first-order valence-electron chi connectivity index (χ1n) is 10.2. The third kappa shape index (κ3) is 3.42. The van der Waals surface area contributed by atoms with Crippen LogP contribution in [0, 0.1) is 0 Å². The zero-order valence-electron chi connectivity index (χ0n) is 17.1. The van der Waals surface area contributed by atoms with Gasteiger partial charge in [0.2, 0.25) is 0 Å². The van der Waals surface area contributed by atoms with E-state index in [1.807, 2.05) is 18.2 Å². The summed E-state index contributed by atoms with van der Waals surface area (Å²) in [5.41, 5.74) is 1.47. The van der Waals surface area contributed by atoms with E-state index < -0.39 is 5.54 Å². The van der Waals surface area contributed by atoms with E-state index in [0.717, 1.165) is 18.4 Å². The highest BCUT2D eigenvalue weighted by molar-refractivity contribution is 6.07. The Bertz CT molecular complexity index is 874. The fourth-order valence-electron chi connectivity index (χ4n) is 4.84. The molecule has 4 rings (SSSR count). The number of hydrogen-bond donors (Lipinski definition) is 1. The van der Waals surface area contributed by atoms with E-state index >= 15 is 0 Å². The molecule has 1 saturated carbocycles. The van der Waals surface area contributed by atoms with Crippen molar-refractivity contribution in [3.63, 3.8) is 0 Å². The maximum Gasteiger partial charge on any atom is 0.325 e. The molecule has 6 heteroatoms. The maximum atomic E-state index is 13.2. The third-order valence-corrected chi connectivity index (χ3v) is 6.72. The molecule has 2 fully saturated rings. The van der Waals surface area contributed by atoms with Gasteiger partial charge in [-0.3, -0.25) is 19.6 Å². The van der Waals surface area contributed by atoms with Gasteiger partial charge in [0, 0.05) is 24.5 Å². The zero-order chi connectivity index (χ0) is 20.5. The molecule has 1 aromatic carbocycles. The number of pyridine rings is 1. The van der Waals surface area contributed by atoms with E-state index in [9.17, 15) is 9.59 Å². The molecular weight excluding hydrogens is 364 g/mol. The fourth-order valence-corrected chi connectivity index (χ4v) is 4.84. The SMILES string of the molecule is CN(C)[C@]1(c2ccccc2)CC[C@]2(CC1)NC(=O)N(CCc1ccncc1)C2=O. The number of hydrogen-bond acceptors (Lipinski definition) is 4. The first-order valence-corrected chi connectivity index (χ1v) is 10.2. The molecule has 2 aliphatic rings. The predicted octanol–water partition coefficient (Wildman–Crippen LogP) is 2.95. The molecule has 1 N–H and O–H groups in total. The van der Waals surface area contributed by atoms with Crippen LogP contribution < -0.4 is 5.32 Å². The summed E-state index contributed by atoms with van der Waals surface area (Å²) in [7, 11) is 4.20. The summed E-state index contributed by atoms with van der Waals surface area (Å²) >= 11 is 0. The van der Waals surface area contributed by atoms with E-state index in [-0.39, 0.29) is 17.5 Å². The van der Waals surface area contributed by atoms with Gasteiger partial charge in [-0.25, -0.2) is 4.79 Å². The molecule has 2 aromatic rings. The van der Waals surface area contributed by atoms with Crippen molar-refractivity contribution in [2.24, 2.45) is 0 Å². The lowest BCUT2D eigenvalue weighted by Crippen LogP contribution is -2.55. The molecule has 0 atom stereocenters. The molecular formula is C23H28N4O2. The zero-order valence-corrected chi connectivity index (χ0v) is 17.1. The van der Waals surface area contributed by atoms with Gasteiger partial charge >= 0.3 is 6.03 Å². The summed E-state index contributed by atoms with van der Waals surface area (Å²) < 4.78 is 0. The molecule has 1 aliphatic heterocycles. The Morgan fingerprint density at radius 1 is 1.00 bits per heavy atom. The second-order valence-electron chi connectivity index (χ2n) is 8.37. The van der Waals surface area contributed by atoms with Gasteiger partial charge in [-0.2, -0.15) is 0 Å². The number of nitrogens with zero attached hydrogens (tertiary/aromatic N) is 3. The van der Waals surface area contributed by atoms with Crippen molar-refractivity contribution in [3.8, 4) is 0 Å². The van der Waals surface area contributed by atoms with Crippen LogP contribution in [0.3, 0.4) is 0 Å². The van der Waals surface area contributed by atoms with Crippen LogP contribution >= 0.6 is 0 Å². The van der Waals surface area contributed by atoms with Crippen molar-refractivity contribution in [3.05, 3.63) is 66.0 Å². The number of amides is 3. The monoisotopic (exact) mass is 392 g/mol. The van der Waals surface area contributed by atoms with E-state index in [1.54, 1.807) is 12.4 Å². The standard InChI is InChI=1S/C23H28N4O2/c1-26(2)23(19-6-4-3-5-7-19)13-11-22(12-14-23)20(28)27(21(29)25-22)17-10-18-8-15-24-16-9-18/h3-9,15-16H,10-14,17H2,1-2H3,(H,25,29)/t22-,23-. The summed E-state index contributed by atoms with van der Waals surface area (Å²) in [5.74, 6) is -0.0722. The van der Waals surface area contributed by atoms with Crippen molar-refractivity contribution in [2.75, 3.05) is 20.6 Å². The molecule has 1 aromatic heterocycles. The third-order valence-electron chi connectivity index (χ3n) is 6.72. The Morgan fingerprint density at radius 3 is 2.28 bits per heavy atom. The number of imide groups is 1. The van der Waals surface area contributed by atoms with Crippen LogP contribution in [0.15, 0.2) is 54.9 Å². The Labute approximate surface area is 171 Å². The number of nitrogens with one attached hydrogen (secondary N) is 1. The molecule has 1 aliphatic carbocycles. The molecule has 1 spiro atoms.